The highest BCUT2D eigenvalue weighted by atomic mass is 127. The lowest BCUT2D eigenvalue weighted by molar-refractivity contribution is 0.300. The van der Waals surface area contributed by atoms with Crippen molar-refractivity contribution in [1.82, 2.24) is 9.88 Å². The van der Waals surface area contributed by atoms with Crippen molar-refractivity contribution in [3.05, 3.63) is 48.2 Å². The van der Waals surface area contributed by atoms with Gasteiger partial charge in [-0.2, -0.15) is 0 Å². The summed E-state index contributed by atoms with van der Waals surface area (Å²) < 4.78 is 11.8. The molecule has 2 heterocycles. The number of ether oxygens (including phenoxy) is 2. The molecule has 1 saturated heterocycles. The van der Waals surface area contributed by atoms with Crippen LogP contribution in [0.3, 0.4) is 0 Å². The number of hydrogen-bond donors (Lipinski definition) is 1. The first-order chi connectivity index (χ1) is 13.3. The number of hydrogen-bond acceptors (Lipinski definition) is 4. The van der Waals surface area contributed by atoms with E-state index >= 15 is 0 Å². The first kappa shape index (κ1) is 22.3. The number of aromatic nitrogens is 1. The van der Waals surface area contributed by atoms with Gasteiger partial charge in [-0.25, -0.2) is 9.98 Å². The summed E-state index contributed by atoms with van der Waals surface area (Å²) in [5, 5.41) is 0. The fourth-order valence-electron chi connectivity index (χ4n) is 3.00. The Morgan fingerprint density at radius 1 is 1.11 bits per heavy atom. The minimum atomic E-state index is 0. The molecule has 0 atom stereocenters. The molecule has 1 aliphatic rings. The minimum absolute atomic E-state index is 0. The summed E-state index contributed by atoms with van der Waals surface area (Å²) in [4.78, 5) is 11.1. The van der Waals surface area contributed by atoms with Gasteiger partial charge in [0.2, 0.25) is 5.88 Å². The van der Waals surface area contributed by atoms with E-state index in [4.69, 9.17) is 15.2 Å². The van der Waals surface area contributed by atoms with Gasteiger partial charge in [0.15, 0.2) is 17.5 Å². The Labute approximate surface area is 184 Å². The Morgan fingerprint density at radius 3 is 2.61 bits per heavy atom. The van der Waals surface area contributed by atoms with Crippen molar-refractivity contribution in [2.45, 2.75) is 39.2 Å². The van der Waals surface area contributed by atoms with Gasteiger partial charge < -0.3 is 20.1 Å². The van der Waals surface area contributed by atoms with Gasteiger partial charge in [0.05, 0.1) is 13.2 Å². The van der Waals surface area contributed by atoms with Gasteiger partial charge in [0.25, 0.3) is 0 Å². The van der Waals surface area contributed by atoms with E-state index in [1.54, 1.807) is 6.20 Å². The van der Waals surface area contributed by atoms with Crippen LogP contribution in [0.4, 0.5) is 0 Å². The molecule has 3 rings (SSSR count). The number of guanidine groups is 1. The van der Waals surface area contributed by atoms with Crippen LogP contribution in [0.2, 0.25) is 0 Å². The lowest BCUT2D eigenvalue weighted by Gasteiger charge is -2.27. The molecule has 6 nitrogen and oxygen atoms in total. The predicted molar refractivity (Wildman–Crippen MR) is 123 cm³/mol. The summed E-state index contributed by atoms with van der Waals surface area (Å²) in [6.45, 7) is 5.11. The van der Waals surface area contributed by atoms with E-state index in [1.807, 2.05) is 36.4 Å². The molecule has 0 unspecified atom stereocenters. The molecular formula is C21H29IN4O2. The second kappa shape index (κ2) is 11.7. The van der Waals surface area contributed by atoms with Gasteiger partial charge in [-0.05, 0) is 43.9 Å². The normalized spacial score (nSPS) is 14.3. The predicted octanol–water partition coefficient (Wildman–Crippen LogP) is 4.58. The van der Waals surface area contributed by atoms with Crippen molar-refractivity contribution in [1.29, 1.82) is 0 Å². The van der Waals surface area contributed by atoms with E-state index in [1.165, 1.54) is 19.3 Å². The number of rotatable bonds is 7. The van der Waals surface area contributed by atoms with Crippen molar-refractivity contribution in [2.75, 3.05) is 19.7 Å². The second-order valence-electron chi connectivity index (χ2n) is 6.59. The number of aliphatic imine (C=N–C) groups is 1. The van der Waals surface area contributed by atoms with E-state index in [9.17, 15) is 0 Å². The number of para-hydroxylation sites is 2. The van der Waals surface area contributed by atoms with Crippen LogP contribution in [0.5, 0.6) is 17.4 Å². The van der Waals surface area contributed by atoms with Gasteiger partial charge in [-0.1, -0.05) is 25.1 Å². The average molecular weight is 496 g/mol. The van der Waals surface area contributed by atoms with E-state index in [-0.39, 0.29) is 24.0 Å². The Bertz CT molecular complexity index is 764. The lowest BCUT2D eigenvalue weighted by atomic mass is 10.1. The van der Waals surface area contributed by atoms with Crippen molar-refractivity contribution < 1.29 is 9.47 Å². The molecule has 0 saturated carbocycles. The first-order valence-electron chi connectivity index (χ1n) is 9.66. The molecule has 0 radical (unpaired) electrons. The molecule has 1 aromatic heterocycles. The molecule has 7 heteroatoms. The number of halogens is 1. The molecule has 152 valence electrons. The number of nitrogens with two attached hydrogens (primary N) is 1. The van der Waals surface area contributed by atoms with Gasteiger partial charge in [0.1, 0.15) is 0 Å². The maximum Gasteiger partial charge on any atom is 0.224 e. The van der Waals surface area contributed by atoms with Crippen molar-refractivity contribution in [3.63, 3.8) is 0 Å². The highest BCUT2D eigenvalue weighted by Crippen LogP contribution is 2.32. The monoisotopic (exact) mass is 496 g/mol. The number of pyridine rings is 1. The molecule has 28 heavy (non-hydrogen) atoms. The summed E-state index contributed by atoms with van der Waals surface area (Å²) in [7, 11) is 0. The second-order valence-corrected chi connectivity index (χ2v) is 6.59. The molecular weight excluding hydrogens is 467 g/mol. The van der Waals surface area contributed by atoms with Crippen LogP contribution in [-0.2, 0) is 6.54 Å². The maximum absolute atomic E-state index is 6.17. The highest BCUT2D eigenvalue weighted by Gasteiger charge is 2.13. The van der Waals surface area contributed by atoms with E-state index < -0.39 is 0 Å². The largest absolute Gasteiger partial charge is 0.490 e. The van der Waals surface area contributed by atoms with Gasteiger partial charge in [-0.3, -0.25) is 0 Å². The van der Waals surface area contributed by atoms with E-state index in [0.717, 1.165) is 25.1 Å². The number of piperidine rings is 1. The highest BCUT2D eigenvalue weighted by molar-refractivity contribution is 14.0. The first-order valence-corrected chi connectivity index (χ1v) is 9.66. The van der Waals surface area contributed by atoms with Crippen LogP contribution in [0, 0.1) is 0 Å². The van der Waals surface area contributed by atoms with Crippen LogP contribution in [0.25, 0.3) is 0 Å². The molecule has 1 aromatic carbocycles. The zero-order valence-electron chi connectivity index (χ0n) is 16.3. The smallest absolute Gasteiger partial charge is 0.224 e. The summed E-state index contributed by atoms with van der Waals surface area (Å²) in [6, 6.07) is 11.5. The van der Waals surface area contributed by atoms with E-state index in [2.05, 4.69) is 21.8 Å². The third kappa shape index (κ3) is 6.25. The molecule has 1 aliphatic heterocycles. The molecule has 2 N–H and O–H groups in total. The zero-order chi connectivity index (χ0) is 18.9. The number of likely N-dealkylation sites (tertiary alicyclic amines) is 1. The van der Waals surface area contributed by atoms with Gasteiger partial charge >= 0.3 is 0 Å². The summed E-state index contributed by atoms with van der Waals surface area (Å²) in [6.07, 6.45) is 6.27. The van der Waals surface area contributed by atoms with Crippen LogP contribution in [0.1, 0.15) is 38.2 Å². The van der Waals surface area contributed by atoms with Crippen molar-refractivity contribution in [3.8, 4) is 17.4 Å². The quantitative estimate of drug-likeness (QED) is 0.345. The van der Waals surface area contributed by atoms with Crippen LogP contribution >= 0.6 is 24.0 Å². The summed E-state index contributed by atoms with van der Waals surface area (Å²) in [5.74, 6) is 2.49. The SMILES string of the molecule is CCCOc1ccccc1Oc1ncccc1CN=C(N)N1CCCCC1.I. The van der Waals surface area contributed by atoms with Crippen molar-refractivity contribution in [2.24, 2.45) is 10.7 Å². The lowest BCUT2D eigenvalue weighted by Crippen LogP contribution is -2.40. The van der Waals surface area contributed by atoms with Crippen LogP contribution < -0.4 is 15.2 Å². The Kier molecular flexibility index (Phi) is 9.33. The van der Waals surface area contributed by atoms with Crippen LogP contribution in [0.15, 0.2) is 47.6 Å². The average Bonchev–Trinajstić information content (AvgIpc) is 2.73. The molecule has 0 aliphatic carbocycles. The van der Waals surface area contributed by atoms with Gasteiger partial charge in [0, 0.05) is 24.8 Å². The standard InChI is InChI=1S/C21H28N4O2.HI/c1-2-15-26-18-10-4-5-11-19(18)27-20-17(9-8-12-23-20)16-24-21(22)25-13-6-3-7-14-25;/h4-5,8-12H,2-3,6-7,13-16H2,1H3,(H2,22,24);1H. The Balaban J connectivity index is 0.00000280. The Hall–Kier alpha value is -2.03. The minimum Gasteiger partial charge on any atom is -0.490 e. The maximum atomic E-state index is 6.17. The molecule has 1 fully saturated rings. The molecule has 0 spiro atoms. The topological polar surface area (TPSA) is 73.0 Å². The van der Waals surface area contributed by atoms with Crippen molar-refractivity contribution >= 4 is 29.9 Å². The number of nitrogens with zero attached hydrogens (tertiary/aromatic N) is 3. The molecule has 0 amide bonds. The number of benzene rings is 1. The molecule has 0 bridgehead atoms. The molecule has 2 aromatic rings. The van der Waals surface area contributed by atoms with Crippen LogP contribution in [-0.4, -0.2) is 35.5 Å². The zero-order valence-corrected chi connectivity index (χ0v) is 18.7. The summed E-state index contributed by atoms with van der Waals surface area (Å²) >= 11 is 0. The third-order valence-electron chi connectivity index (χ3n) is 4.46. The third-order valence-corrected chi connectivity index (χ3v) is 4.46. The fourth-order valence-corrected chi connectivity index (χ4v) is 3.00. The summed E-state index contributed by atoms with van der Waals surface area (Å²) in [5.41, 5.74) is 7.06. The Morgan fingerprint density at radius 2 is 1.86 bits per heavy atom. The van der Waals surface area contributed by atoms with E-state index in [0.29, 0.717) is 36.5 Å². The van der Waals surface area contributed by atoms with Gasteiger partial charge in [-0.15, -0.1) is 24.0 Å². The fraction of sp³-hybridized carbons (Fsp3) is 0.429.